The first-order valence-electron chi connectivity index (χ1n) is 9.90. The fourth-order valence-electron chi connectivity index (χ4n) is 4.58. The highest BCUT2D eigenvalue weighted by Crippen LogP contribution is 2.40. The molecule has 0 radical (unpaired) electrons. The van der Waals surface area contributed by atoms with Gasteiger partial charge in [0.15, 0.2) is 0 Å². The molecule has 0 bridgehead atoms. The molecule has 2 aromatic rings. The number of aromatic nitrogens is 1. The summed E-state index contributed by atoms with van der Waals surface area (Å²) in [5, 5.41) is 10.6. The Balaban J connectivity index is 1.64. The van der Waals surface area contributed by atoms with Crippen molar-refractivity contribution in [2.45, 2.75) is 38.3 Å². The number of hydrogen-bond acceptors (Lipinski definition) is 3. The molecule has 2 heterocycles. The Morgan fingerprint density at radius 2 is 2.03 bits per heavy atom. The van der Waals surface area contributed by atoms with E-state index in [0.717, 1.165) is 47.8 Å². The van der Waals surface area contributed by atoms with Crippen LogP contribution in [0.1, 0.15) is 31.2 Å². The van der Waals surface area contributed by atoms with Gasteiger partial charge in [-0.25, -0.2) is 9.59 Å². The van der Waals surface area contributed by atoms with Gasteiger partial charge >= 0.3 is 12.1 Å². The number of fused-ring (bicyclic) bond motifs is 3. The van der Waals surface area contributed by atoms with Gasteiger partial charge in [-0.05, 0) is 49.8 Å². The summed E-state index contributed by atoms with van der Waals surface area (Å²) in [6, 6.07) is 5.67. The maximum absolute atomic E-state index is 13.2. The molecule has 1 aromatic heterocycles. The average Bonchev–Trinajstić information content (AvgIpc) is 2.69. The van der Waals surface area contributed by atoms with Crippen molar-refractivity contribution in [1.29, 1.82) is 0 Å². The second kappa shape index (κ2) is 7.71. The third-order valence-corrected chi connectivity index (χ3v) is 6.33. The highest BCUT2D eigenvalue weighted by molar-refractivity contribution is 6.31. The predicted octanol–water partition coefficient (Wildman–Crippen LogP) is 4.43. The van der Waals surface area contributed by atoms with Gasteiger partial charge in [-0.15, -0.1) is 0 Å². The quantitative estimate of drug-likeness (QED) is 0.802. The van der Waals surface area contributed by atoms with Crippen LogP contribution in [-0.2, 0) is 6.54 Å². The lowest BCUT2D eigenvalue weighted by molar-refractivity contribution is 0.142. The zero-order valence-electron chi connectivity index (χ0n) is 16.6. The fourth-order valence-corrected chi connectivity index (χ4v) is 4.76. The van der Waals surface area contributed by atoms with Crippen molar-refractivity contribution in [2.75, 3.05) is 25.5 Å². The van der Waals surface area contributed by atoms with Gasteiger partial charge in [-0.3, -0.25) is 9.88 Å². The van der Waals surface area contributed by atoms with E-state index in [-0.39, 0.29) is 12.1 Å². The summed E-state index contributed by atoms with van der Waals surface area (Å²) in [4.78, 5) is 33.8. The van der Waals surface area contributed by atoms with Crippen molar-refractivity contribution in [3.8, 4) is 0 Å². The Bertz CT molecular complexity index is 958. The van der Waals surface area contributed by atoms with E-state index in [2.05, 4.69) is 4.98 Å². The number of carbonyl (C=O) groups is 2. The van der Waals surface area contributed by atoms with Crippen LogP contribution in [0, 0.1) is 5.92 Å². The van der Waals surface area contributed by atoms with Crippen molar-refractivity contribution in [1.82, 2.24) is 14.8 Å². The van der Waals surface area contributed by atoms with E-state index >= 15 is 0 Å². The van der Waals surface area contributed by atoms with Crippen LogP contribution in [0.5, 0.6) is 0 Å². The Hall–Kier alpha value is -2.54. The number of carboxylic acid groups (broad SMARTS) is 1. The average molecular weight is 417 g/mol. The summed E-state index contributed by atoms with van der Waals surface area (Å²) < 4.78 is 0. The van der Waals surface area contributed by atoms with Crippen LogP contribution < -0.4 is 4.90 Å². The molecule has 0 spiro atoms. The van der Waals surface area contributed by atoms with Crippen molar-refractivity contribution in [3.05, 3.63) is 35.0 Å². The van der Waals surface area contributed by atoms with Gasteiger partial charge in [0.05, 0.1) is 17.7 Å². The number of nitrogens with zero attached hydrogens (tertiary/aromatic N) is 4. The summed E-state index contributed by atoms with van der Waals surface area (Å²) in [5.41, 5.74) is 2.77. The second-order valence-electron chi connectivity index (χ2n) is 8.14. The zero-order valence-corrected chi connectivity index (χ0v) is 17.4. The van der Waals surface area contributed by atoms with Crippen LogP contribution in [0.2, 0.25) is 5.02 Å². The molecule has 1 saturated carbocycles. The van der Waals surface area contributed by atoms with Crippen molar-refractivity contribution >= 4 is 40.3 Å². The summed E-state index contributed by atoms with van der Waals surface area (Å²) in [6.45, 7) is 1.06. The van der Waals surface area contributed by atoms with Crippen LogP contribution in [0.4, 0.5) is 15.3 Å². The number of hydrogen-bond donors (Lipinski definition) is 1. The van der Waals surface area contributed by atoms with E-state index in [4.69, 9.17) is 16.7 Å². The third-order valence-electron chi connectivity index (χ3n) is 6.10. The van der Waals surface area contributed by atoms with Crippen molar-refractivity contribution in [2.24, 2.45) is 5.92 Å². The molecule has 3 amide bonds. The lowest BCUT2D eigenvalue weighted by atomic mass is 9.84. The minimum Gasteiger partial charge on any atom is -0.465 e. The number of halogens is 1. The maximum atomic E-state index is 13.2. The fraction of sp³-hybridized carbons (Fsp3) is 0.476. The molecule has 1 N–H and O–H groups in total. The number of rotatable bonds is 3. The molecule has 29 heavy (non-hydrogen) atoms. The SMILES string of the molecule is CN(CC1CCC(N2C(=O)N(C)Cc3cnc4ccc(Cl)cc4c32)CC1)C(=O)O. The number of benzene rings is 1. The second-order valence-corrected chi connectivity index (χ2v) is 8.58. The topological polar surface area (TPSA) is 77.0 Å². The molecule has 4 rings (SSSR count). The molecule has 1 aliphatic carbocycles. The van der Waals surface area contributed by atoms with Gasteiger partial charge in [0.25, 0.3) is 0 Å². The Morgan fingerprint density at radius 1 is 1.31 bits per heavy atom. The first-order valence-corrected chi connectivity index (χ1v) is 10.3. The molecule has 1 fully saturated rings. The van der Waals surface area contributed by atoms with E-state index in [0.29, 0.717) is 24.0 Å². The molecule has 7 nitrogen and oxygen atoms in total. The Kier molecular flexibility index (Phi) is 5.25. The van der Waals surface area contributed by atoms with Crippen LogP contribution in [0.15, 0.2) is 24.4 Å². The number of anilines is 1. The molecule has 0 atom stereocenters. The van der Waals surface area contributed by atoms with E-state index in [1.807, 2.05) is 36.3 Å². The number of amides is 3. The standard InChI is InChI=1S/C21H25ClN4O3/c1-24-12-14-10-23-18-8-5-15(22)9-17(18)19(14)26(20(24)27)16-6-3-13(4-7-16)11-25(2)21(28)29/h5,8-10,13,16H,3-4,6-7,11-12H2,1-2H3,(H,28,29). The molecule has 1 aliphatic heterocycles. The normalized spacial score (nSPS) is 22.0. The molecule has 0 unspecified atom stereocenters. The predicted molar refractivity (Wildman–Crippen MR) is 112 cm³/mol. The number of carbonyl (C=O) groups excluding carboxylic acids is 1. The summed E-state index contributed by atoms with van der Waals surface area (Å²) >= 11 is 6.26. The third kappa shape index (κ3) is 3.71. The van der Waals surface area contributed by atoms with E-state index < -0.39 is 6.09 Å². The molecule has 2 aliphatic rings. The Morgan fingerprint density at radius 3 is 2.72 bits per heavy atom. The molecular formula is C21H25ClN4O3. The minimum atomic E-state index is -0.898. The monoisotopic (exact) mass is 416 g/mol. The van der Waals surface area contributed by atoms with Crippen LogP contribution in [-0.4, -0.2) is 58.7 Å². The smallest absolute Gasteiger partial charge is 0.407 e. The van der Waals surface area contributed by atoms with Crippen LogP contribution in [0.25, 0.3) is 10.9 Å². The Labute approximate surface area is 174 Å². The largest absolute Gasteiger partial charge is 0.465 e. The number of urea groups is 1. The maximum Gasteiger partial charge on any atom is 0.407 e. The van der Waals surface area contributed by atoms with Crippen LogP contribution in [0.3, 0.4) is 0 Å². The van der Waals surface area contributed by atoms with E-state index in [1.54, 1.807) is 11.9 Å². The number of pyridine rings is 1. The molecule has 8 heteroatoms. The first kappa shape index (κ1) is 19.8. The highest BCUT2D eigenvalue weighted by atomic mass is 35.5. The summed E-state index contributed by atoms with van der Waals surface area (Å²) in [5.74, 6) is 0.327. The van der Waals surface area contributed by atoms with Gasteiger partial charge in [0, 0.05) is 48.9 Å². The zero-order chi connectivity index (χ0) is 20.7. The lowest BCUT2D eigenvalue weighted by Gasteiger charge is -2.43. The molecule has 1 aromatic carbocycles. The first-order chi connectivity index (χ1) is 13.8. The van der Waals surface area contributed by atoms with Crippen LogP contribution >= 0.6 is 11.6 Å². The summed E-state index contributed by atoms with van der Waals surface area (Å²) in [7, 11) is 3.42. The summed E-state index contributed by atoms with van der Waals surface area (Å²) in [6.07, 6.45) is 4.45. The molecular weight excluding hydrogens is 392 g/mol. The van der Waals surface area contributed by atoms with Crippen molar-refractivity contribution < 1.29 is 14.7 Å². The lowest BCUT2D eigenvalue weighted by Crippen LogP contribution is -2.51. The van der Waals surface area contributed by atoms with Gasteiger partial charge in [0.2, 0.25) is 0 Å². The van der Waals surface area contributed by atoms with Gasteiger partial charge < -0.3 is 14.9 Å². The molecule has 154 valence electrons. The van der Waals surface area contributed by atoms with Gasteiger partial charge in [0.1, 0.15) is 0 Å². The van der Waals surface area contributed by atoms with Gasteiger partial charge in [-0.1, -0.05) is 11.6 Å². The minimum absolute atomic E-state index is 0.00363. The van der Waals surface area contributed by atoms with Crippen molar-refractivity contribution in [3.63, 3.8) is 0 Å². The van der Waals surface area contributed by atoms with Gasteiger partial charge in [-0.2, -0.15) is 0 Å². The molecule has 0 saturated heterocycles. The van der Waals surface area contributed by atoms with E-state index in [9.17, 15) is 9.59 Å². The highest BCUT2D eigenvalue weighted by Gasteiger charge is 2.37. The van der Waals surface area contributed by atoms with E-state index in [1.165, 1.54) is 4.90 Å².